The van der Waals surface area contributed by atoms with Crippen LogP contribution in [0.5, 0.6) is 0 Å². The number of hydrazine groups is 1. The van der Waals surface area contributed by atoms with E-state index in [9.17, 15) is 4.79 Å². The van der Waals surface area contributed by atoms with Crippen LogP contribution in [0.25, 0.3) is 0 Å². The van der Waals surface area contributed by atoms with Crippen molar-refractivity contribution in [1.29, 1.82) is 0 Å². The molecule has 0 saturated carbocycles. The van der Waals surface area contributed by atoms with E-state index in [-0.39, 0.29) is 11.9 Å². The van der Waals surface area contributed by atoms with Crippen LogP contribution < -0.4 is 16.6 Å². The van der Waals surface area contributed by atoms with Gasteiger partial charge in [-0.25, -0.2) is 10.8 Å². The standard InChI is InChI=1S/C14H18N4O2/c1-8-6-11(7-13(16-8)18-15)14(19)17-10(3)12-5-4-9(2)20-12/h4-7,10H,15H2,1-3H3,(H,16,18)(H,17,19). The Morgan fingerprint density at radius 3 is 2.70 bits per heavy atom. The number of carbonyl (C=O) groups is 1. The summed E-state index contributed by atoms with van der Waals surface area (Å²) in [5, 5.41) is 2.88. The maximum Gasteiger partial charge on any atom is 0.252 e. The first-order valence-corrected chi connectivity index (χ1v) is 6.32. The van der Waals surface area contributed by atoms with Crippen molar-refractivity contribution in [1.82, 2.24) is 10.3 Å². The number of nitrogens with one attached hydrogen (secondary N) is 2. The van der Waals surface area contributed by atoms with Gasteiger partial charge in [0.15, 0.2) is 0 Å². The minimum Gasteiger partial charge on any atom is -0.464 e. The van der Waals surface area contributed by atoms with E-state index in [1.54, 1.807) is 19.1 Å². The molecule has 4 N–H and O–H groups in total. The SMILES string of the molecule is Cc1cc(C(=O)NC(C)c2ccc(C)o2)cc(NN)n1. The van der Waals surface area contributed by atoms with E-state index in [2.05, 4.69) is 15.7 Å². The highest BCUT2D eigenvalue weighted by Crippen LogP contribution is 2.17. The van der Waals surface area contributed by atoms with Crippen molar-refractivity contribution in [3.8, 4) is 0 Å². The lowest BCUT2D eigenvalue weighted by Crippen LogP contribution is -2.26. The highest BCUT2D eigenvalue weighted by molar-refractivity contribution is 5.95. The van der Waals surface area contributed by atoms with Crippen molar-refractivity contribution in [3.05, 3.63) is 47.0 Å². The predicted octanol–water partition coefficient (Wildman–Crippen LogP) is 2.07. The van der Waals surface area contributed by atoms with Crippen LogP contribution in [0.4, 0.5) is 5.82 Å². The molecule has 0 aliphatic rings. The highest BCUT2D eigenvalue weighted by Gasteiger charge is 2.15. The van der Waals surface area contributed by atoms with Crippen LogP contribution in [0.15, 0.2) is 28.7 Å². The molecule has 6 heteroatoms. The number of nitrogens with zero attached hydrogens (tertiary/aromatic N) is 1. The monoisotopic (exact) mass is 274 g/mol. The Bertz CT molecular complexity index is 621. The number of hydrogen-bond acceptors (Lipinski definition) is 5. The number of amides is 1. The summed E-state index contributed by atoms with van der Waals surface area (Å²) in [5.41, 5.74) is 3.66. The van der Waals surface area contributed by atoms with Crippen LogP contribution in [0, 0.1) is 13.8 Å². The molecule has 106 valence electrons. The van der Waals surface area contributed by atoms with Crippen LogP contribution >= 0.6 is 0 Å². The third kappa shape index (κ3) is 3.16. The number of anilines is 1. The number of nitrogen functional groups attached to an aromatic ring is 1. The summed E-state index contributed by atoms with van der Waals surface area (Å²) in [6.45, 7) is 5.53. The van der Waals surface area contributed by atoms with Gasteiger partial charge in [-0.1, -0.05) is 0 Å². The Balaban J connectivity index is 2.13. The van der Waals surface area contributed by atoms with Crippen molar-refractivity contribution in [2.45, 2.75) is 26.8 Å². The number of aryl methyl sites for hydroxylation is 2. The molecule has 6 nitrogen and oxygen atoms in total. The van der Waals surface area contributed by atoms with Crippen LogP contribution in [0.3, 0.4) is 0 Å². The third-order valence-corrected chi connectivity index (χ3v) is 2.90. The number of furan rings is 1. The van der Waals surface area contributed by atoms with Gasteiger partial charge in [0.05, 0.1) is 6.04 Å². The summed E-state index contributed by atoms with van der Waals surface area (Å²) in [4.78, 5) is 16.3. The van der Waals surface area contributed by atoms with Gasteiger partial charge in [0.25, 0.3) is 5.91 Å². The van der Waals surface area contributed by atoms with E-state index < -0.39 is 0 Å². The molecule has 0 bridgehead atoms. The molecule has 2 rings (SSSR count). The molecule has 2 heterocycles. The van der Waals surface area contributed by atoms with Crippen molar-refractivity contribution in [2.75, 3.05) is 5.43 Å². The molecule has 1 atom stereocenters. The second-order valence-electron chi connectivity index (χ2n) is 4.67. The lowest BCUT2D eigenvalue weighted by Gasteiger charge is -2.12. The molecule has 1 amide bonds. The van der Waals surface area contributed by atoms with Gasteiger partial charge in [-0.2, -0.15) is 0 Å². The quantitative estimate of drug-likeness (QED) is 0.586. The molecule has 0 aliphatic carbocycles. The van der Waals surface area contributed by atoms with Crippen molar-refractivity contribution >= 4 is 11.7 Å². The zero-order valence-electron chi connectivity index (χ0n) is 11.7. The molecule has 0 aliphatic heterocycles. The van der Waals surface area contributed by atoms with E-state index in [1.807, 2.05) is 26.0 Å². The van der Waals surface area contributed by atoms with Gasteiger partial charge < -0.3 is 15.2 Å². The maximum absolute atomic E-state index is 12.2. The minimum atomic E-state index is -0.209. The molecule has 20 heavy (non-hydrogen) atoms. The highest BCUT2D eigenvalue weighted by atomic mass is 16.3. The summed E-state index contributed by atoms with van der Waals surface area (Å²) < 4.78 is 5.49. The van der Waals surface area contributed by atoms with E-state index in [1.165, 1.54) is 0 Å². The average molecular weight is 274 g/mol. The first-order valence-electron chi connectivity index (χ1n) is 6.32. The first kappa shape index (κ1) is 14.1. The number of rotatable bonds is 4. The van der Waals surface area contributed by atoms with E-state index in [4.69, 9.17) is 10.3 Å². The van der Waals surface area contributed by atoms with Crippen LogP contribution in [-0.4, -0.2) is 10.9 Å². The maximum atomic E-state index is 12.2. The molecule has 0 spiro atoms. The fourth-order valence-electron chi connectivity index (χ4n) is 1.91. The van der Waals surface area contributed by atoms with E-state index >= 15 is 0 Å². The smallest absolute Gasteiger partial charge is 0.252 e. The predicted molar refractivity (Wildman–Crippen MR) is 76.1 cm³/mol. The number of pyridine rings is 1. The Labute approximate surface area is 117 Å². The Morgan fingerprint density at radius 1 is 1.35 bits per heavy atom. The van der Waals surface area contributed by atoms with Gasteiger partial charge in [-0.3, -0.25) is 4.79 Å². The lowest BCUT2D eigenvalue weighted by atomic mass is 10.2. The summed E-state index contributed by atoms with van der Waals surface area (Å²) in [5.74, 6) is 7.11. The van der Waals surface area contributed by atoms with Crippen LogP contribution in [-0.2, 0) is 0 Å². The van der Waals surface area contributed by atoms with E-state index in [0.717, 1.165) is 11.5 Å². The topological polar surface area (TPSA) is 93.2 Å². The molecular formula is C14H18N4O2. The number of hydrogen-bond donors (Lipinski definition) is 3. The van der Waals surface area contributed by atoms with Crippen LogP contribution in [0.2, 0.25) is 0 Å². The normalized spacial score (nSPS) is 12.0. The van der Waals surface area contributed by atoms with Crippen molar-refractivity contribution in [2.24, 2.45) is 5.84 Å². The van der Waals surface area contributed by atoms with Crippen LogP contribution in [0.1, 0.15) is 40.5 Å². The fourth-order valence-corrected chi connectivity index (χ4v) is 1.91. The second kappa shape index (κ2) is 5.75. The zero-order valence-corrected chi connectivity index (χ0v) is 11.7. The average Bonchev–Trinajstić information content (AvgIpc) is 2.84. The van der Waals surface area contributed by atoms with Gasteiger partial charge in [0.2, 0.25) is 0 Å². The Morgan fingerprint density at radius 2 is 2.10 bits per heavy atom. The van der Waals surface area contributed by atoms with Gasteiger partial charge in [-0.15, -0.1) is 0 Å². The molecule has 0 radical (unpaired) electrons. The van der Waals surface area contributed by atoms with Gasteiger partial charge >= 0.3 is 0 Å². The summed E-state index contributed by atoms with van der Waals surface area (Å²) in [6.07, 6.45) is 0. The molecule has 1 unspecified atom stereocenters. The number of carbonyl (C=O) groups excluding carboxylic acids is 1. The molecular weight excluding hydrogens is 256 g/mol. The number of aromatic nitrogens is 1. The van der Waals surface area contributed by atoms with Crippen molar-refractivity contribution in [3.63, 3.8) is 0 Å². The third-order valence-electron chi connectivity index (χ3n) is 2.90. The summed E-state index contributed by atoms with van der Waals surface area (Å²) in [6, 6.07) is 6.81. The second-order valence-corrected chi connectivity index (χ2v) is 4.67. The van der Waals surface area contributed by atoms with Gasteiger partial charge in [0.1, 0.15) is 17.3 Å². The minimum absolute atomic E-state index is 0.200. The fraction of sp³-hybridized carbons (Fsp3) is 0.286. The van der Waals surface area contributed by atoms with E-state index in [0.29, 0.717) is 17.1 Å². The zero-order chi connectivity index (χ0) is 14.7. The largest absolute Gasteiger partial charge is 0.464 e. The Kier molecular flexibility index (Phi) is 4.05. The molecule has 2 aromatic heterocycles. The lowest BCUT2D eigenvalue weighted by molar-refractivity contribution is 0.0935. The summed E-state index contributed by atoms with van der Waals surface area (Å²) >= 11 is 0. The van der Waals surface area contributed by atoms with Gasteiger partial charge in [-0.05, 0) is 45.0 Å². The summed E-state index contributed by atoms with van der Waals surface area (Å²) in [7, 11) is 0. The molecule has 0 fully saturated rings. The molecule has 0 aromatic carbocycles. The molecule has 2 aromatic rings. The Hall–Kier alpha value is -2.34. The first-order chi connectivity index (χ1) is 9.49. The molecule has 0 saturated heterocycles. The number of nitrogens with two attached hydrogens (primary N) is 1. The van der Waals surface area contributed by atoms with Gasteiger partial charge in [0, 0.05) is 11.3 Å². The van der Waals surface area contributed by atoms with Crippen molar-refractivity contribution < 1.29 is 9.21 Å².